The Kier molecular flexibility index (Phi) is 2.18. The summed E-state index contributed by atoms with van der Waals surface area (Å²) in [5.74, 6) is -0.180. The van der Waals surface area contributed by atoms with E-state index in [9.17, 15) is 4.79 Å². The Morgan fingerprint density at radius 1 is 1.82 bits per heavy atom. The Labute approximate surface area is 66.6 Å². The summed E-state index contributed by atoms with van der Waals surface area (Å²) in [6, 6.07) is 0. The maximum Gasteiger partial charge on any atom is 0.305 e. The summed E-state index contributed by atoms with van der Waals surface area (Å²) in [5.41, 5.74) is 5.46. The van der Waals surface area contributed by atoms with Crippen LogP contribution in [0.3, 0.4) is 0 Å². The number of carboxylic acids is 1. The third-order valence-electron chi connectivity index (χ3n) is 2.39. The monoisotopic (exact) mass is 157 g/mol. The molecule has 3 nitrogen and oxygen atoms in total. The molecule has 0 spiro atoms. The summed E-state index contributed by atoms with van der Waals surface area (Å²) in [4.78, 5) is 10.4. The smallest absolute Gasteiger partial charge is 0.305 e. The number of hydrogen-bond acceptors (Lipinski definition) is 2. The Morgan fingerprint density at radius 2 is 2.45 bits per heavy atom. The van der Waals surface area contributed by atoms with Gasteiger partial charge >= 0.3 is 5.97 Å². The SMILES string of the molecule is CC1CCC(N)(CC(=O)O)C1. The zero-order valence-corrected chi connectivity index (χ0v) is 6.84. The van der Waals surface area contributed by atoms with E-state index in [1.807, 2.05) is 0 Å². The Bertz CT molecular complexity index is 169. The van der Waals surface area contributed by atoms with Gasteiger partial charge in [0.25, 0.3) is 0 Å². The molecular formula is C8H15NO2. The lowest BCUT2D eigenvalue weighted by Crippen LogP contribution is -2.39. The molecule has 1 saturated carbocycles. The molecule has 1 fully saturated rings. The van der Waals surface area contributed by atoms with E-state index in [1.165, 1.54) is 0 Å². The van der Waals surface area contributed by atoms with Gasteiger partial charge in [-0.2, -0.15) is 0 Å². The van der Waals surface area contributed by atoms with E-state index in [4.69, 9.17) is 10.8 Å². The molecule has 1 rings (SSSR count). The summed E-state index contributed by atoms with van der Waals surface area (Å²) in [6.07, 6.45) is 2.92. The summed E-state index contributed by atoms with van der Waals surface area (Å²) in [5, 5.41) is 8.55. The van der Waals surface area contributed by atoms with Crippen LogP contribution in [0, 0.1) is 5.92 Å². The first-order chi connectivity index (χ1) is 5.02. The molecule has 2 unspecified atom stereocenters. The highest BCUT2D eigenvalue weighted by Crippen LogP contribution is 2.34. The highest BCUT2D eigenvalue weighted by molar-refractivity contribution is 5.68. The number of carboxylic acid groups (broad SMARTS) is 1. The van der Waals surface area contributed by atoms with Gasteiger partial charge in [-0.05, 0) is 25.2 Å². The molecule has 3 N–H and O–H groups in total. The van der Waals surface area contributed by atoms with E-state index < -0.39 is 11.5 Å². The summed E-state index contributed by atoms with van der Waals surface area (Å²) >= 11 is 0. The fraction of sp³-hybridized carbons (Fsp3) is 0.875. The number of nitrogens with two attached hydrogens (primary N) is 1. The van der Waals surface area contributed by atoms with Crippen molar-refractivity contribution in [3.63, 3.8) is 0 Å². The van der Waals surface area contributed by atoms with E-state index >= 15 is 0 Å². The summed E-state index contributed by atoms with van der Waals surface area (Å²) in [7, 11) is 0. The Hall–Kier alpha value is -0.570. The number of aliphatic carboxylic acids is 1. The van der Waals surface area contributed by atoms with E-state index in [2.05, 4.69) is 6.92 Å². The van der Waals surface area contributed by atoms with Crippen LogP contribution >= 0.6 is 0 Å². The van der Waals surface area contributed by atoms with Gasteiger partial charge in [-0.3, -0.25) is 4.79 Å². The molecule has 0 aromatic rings. The van der Waals surface area contributed by atoms with Crippen LogP contribution in [-0.2, 0) is 4.79 Å². The molecule has 0 heterocycles. The van der Waals surface area contributed by atoms with E-state index in [0.717, 1.165) is 19.3 Å². The minimum absolute atomic E-state index is 0.122. The van der Waals surface area contributed by atoms with Gasteiger partial charge in [0.1, 0.15) is 0 Å². The molecule has 1 aliphatic rings. The highest BCUT2D eigenvalue weighted by Gasteiger charge is 2.35. The topological polar surface area (TPSA) is 63.3 Å². The van der Waals surface area contributed by atoms with Gasteiger partial charge < -0.3 is 10.8 Å². The van der Waals surface area contributed by atoms with Gasteiger partial charge in [0.15, 0.2) is 0 Å². The zero-order valence-electron chi connectivity index (χ0n) is 6.84. The van der Waals surface area contributed by atoms with Crippen LogP contribution in [0.5, 0.6) is 0 Å². The van der Waals surface area contributed by atoms with Gasteiger partial charge in [0, 0.05) is 5.54 Å². The molecule has 64 valence electrons. The largest absolute Gasteiger partial charge is 0.481 e. The lowest BCUT2D eigenvalue weighted by atomic mass is 9.94. The van der Waals surface area contributed by atoms with Crippen molar-refractivity contribution >= 4 is 5.97 Å². The van der Waals surface area contributed by atoms with Crippen molar-refractivity contribution in [2.75, 3.05) is 0 Å². The molecule has 0 bridgehead atoms. The molecule has 1 aliphatic carbocycles. The fourth-order valence-electron chi connectivity index (χ4n) is 1.89. The van der Waals surface area contributed by atoms with Crippen molar-refractivity contribution < 1.29 is 9.90 Å². The molecule has 2 atom stereocenters. The van der Waals surface area contributed by atoms with Crippen LogP contribution in [-0.4, -0.2) is 16.6 Å². The van der Waals surface area contributed by atoms with Crippen LogP contribution in [0.2, 0.25) is 0 Å². The normalized spacial score (nSPS) is 37.5. The predicted octanol–water partition coefficient (Wildman–Crippen LogP) is 0.979. The van der Waals surface area contributed by atoms with Crippen molar-refractivity contribution in [1.82, 2.24) is 0 Å². The predicted molar refractivity (Wildman–Crippen MR) is 42.2 cm³/mol. The zero-order chi connectivity index (χ0) is 8.48. The average molecular weight is 157 g/mol. The van der Waals surface area contributed by atoms with Gasteiger partial charge in [-0.25, -0.2) is 0 Å². The van der Waals surface area contributed by atoms with Crippen LogP contribution < -0.4 is 5.73 Å². The molecule has 3 heteroatoms. The molecule has 0 aliphatic heterocycles. The van der Waals surface area contributed by atoms with Crippen LogP contribution in [0.25, 0.3) is 0 Å². The van der Waals surface area contributed by atoms with E-state index in [0.29, 0.717) is 5.92 Å². The van der Waals surface area contributed by atoms with E-state index in [-0.39, 0.29) is 6.42 Å². The van der Waals surface area contributed by atoms with Crippen molar-refractivity contribution in [2.45, 2.75) is 38.1 Å². The summed E-state index contributed by atoms with van der Waals surface area (Å²) < 4.78 is 0. The van der Waals surface area contributed by atoms with Crippen molar-refractivity contribution in [2.24, 2.45) is 11.7 Å². The average Bonchev–Trinajstić information content (AvgIpc) is 2.08. The Morgan fingerprint density at radius 3 is 2.82 bits per heavy atom. The number of hydrogen-bond donors (Lipinski definition) is 2. The minimum Gasteiger partial charge on any atom is -0.481 e. The van der Waals surface area contributed by atoms with Crippen molar-refractivity contribution in [3.05, 3.63) is 0 Å². The van der Waals surface area contributed by atoms with Crippen LogP contribution in [0.15, 0.2) is 0 Å². The fourth-order valence-corrected chi connectivity index (χ4v) is 1.89. The van der Waals surface area contributed by atoms with Gasteiger partial charge in [-0.1, -0.05) is 6.92 Å². The van der Waals surface area contributed by atoms with Crippen molar-refractivity contribution in [3.8, 4) is 0 Å². The first kappa shape index (κ1) is 8.53. The maximum atomic E-state index is 10.4. The lowest BCUT2D eigenvalue weighted by Gasteiger charge is -2.20. The molecule has 0 saturated heterocycles. The molecule has 0 aromatic heterocycles. The number of rotatable bonds is 2. The Balaban J connectivity index is 2.48. The summed E-state index contributed by atoms with van der Waals surface area (Å²) in [6.45, 7) is 2.12. The standard InChI is InChI=1S/C8H15NO2/c1-6-2-3-8(9,4-6)5-7(10)11/h6H,2-5,9H2,1H3,(H,10,11). The third-order valence-corrected chi connectivity index (χ3v) is 2.39. The minimum atomic E-state index is -0.776. The number of carbonyl (C=O) groups is 1. The van der Waals surface area contributed by atoms with Crippen molar-refractivity contribution in [1.29, 1.82) is 0 Å². The van der Waals surface area contributed by atoms with Gasteiger partial charge in [0.2, 0.25) is 0 Å². The second kappa shape index (κ2) is 2.81. The van der Waals surface area contributed by atoms with Gasteiger partial charge in [0.05, 0.1) is 6.42 Å². The third kappa shape index (κ3) is 2.19. The molecule has 11 heavy (non-hydrogen) atoms. The van der Waals surface area contributed by atoms with Gasteiger partial charge in [-0.15, -0.1) is 0 Å². The van der Waals surface area contributed by atoms with Crippen LogP contribution in [0.1, 0.15) is 32.6 Å². The maximum absolute atomic E-state index is 10.4. The molecule has 0 aromatic carbocycles. The second-order valence-corrected chi connectivity index (χ2v) is 3.78. The molecule has 0 radical (unpaired) electrons. The van der Waals surface area contributed by atoms with Crippen LogP contribution in [0.4, 0.5) is 0 Å². The second-order valence-electron chi connectivity index (χ2n) is 3.78. The highest BCUT2D eigenvalue weighted by atomic mass is 16.4. The molecule has 0 amide bonds. The first-order valence-electron chi connectivity index (χ1n) is 4.02. The van der Waals surface area contributed by atoms with E-state index in [1.54, 1.807) is 0 Å². The quantitative estimate of drug-likeness (QED) is 0.628. The first-order valence-corrected chi connectivity index (χ1v) is 4.02. The molecular weight excluding hydrogens is 142 g/mol. The lowest BCUT2D eigenvalue weighted by molar-refractivity contribution is -0.138.